The minimum atomic E-state index is 0.128. The quantitative estimate of drug-likeness (QED) is 0.748. The van der Waals surface area contributed by atoms with Crippen molar-refractivity contribution in [3.63, 3.8) is 0 Å². The summed E-state index contributed by atoms with van der Waals surface area (Å²) in [5, 5.41) is 7.17. The van der Waals surface area contributed by atoms with E-state index in [9.17, 15) is 4.79 Å². The first-order valence-corrected chi connectivity index (χ1v) is 8.23. The standard InChI is InChI=1S/C14H28N2OS/c1-5-18-13-8-6-7-12(13)15-9-14(17)16-11(4)10(2)3/h10-13,15H,5-9H2,1-4H3,(H,16,17). The molecule has 0 aliphatic heterocycles. The smallest absolute Gasteiger partial charge is 0.234 e. The Hall–Kier alpha value is -0.220. The molecule has 3 atom stereocenters. The van der Waals surface area contributed by atoms with Gasteiger partial charge in [0.05, 0.1) is 6.54 Å². The van der Waals surface area contributed by atoms with E-state index in [2.05, 4.69) is 38.3 Å². The van der Waals surface area contributed by atoms with Gasteiger partial charge in [-0.15, -0.1) is 0 Å². The monoisotopic (exact) mass is 272 g/mol. The Morgan fingerprint density at radius 1 is 1.33 bits per heavy atom. The summed E-state index contributed by atoms with van der Waals surface area (Å²) >= 11 is 2.02. The molecule has 0 bridgehead atoms. The highest BCUT2D eigenvalue weighted by Crippen LogP contribution is 2.29. The van der Waals surface area contributed by atoms with Crippen molar-refractivity contribution in [2.45, 2.75) is 64.3 Å². The van der Waals surface area contributed by atoms with Crippen molar-refractivity contribution < 1.29 is 4.79 Å². The van der Waals surface area contributed by atoms with Gasteiger partial charge in [0.1, 0.15) is 0 Å². The molecule has 3 nitrogen and oxygen atoms in total. The van der Waals surface area contributed by atoms with Crippen LogP contribution in [0.4, 0.5) is 0 Å². The van der Waals surface area contributed by atoms with Gasteiger partial charge in [0.25, 0.3) is 0 Å². The molecular weight excluding hydrogens is 244 g/mol. The van der Waals surface area contributed by atoms with E-state index in [0.717, 1.165) is 0 Å². The van der Waals surface area contributed by atoms with Gasteiger partial charge in [0, 0.05) is 17.3 Å². The fourth-order valence-electron chi connectivity index (χ4n) is 2.27. The van der Waals surface area contributed by atoms with Crippen LogP contribution in [0.1, 0.15) is 47.0 Å². The van der Waals surface area contributed by atoms with E-state index in [4.69, 9.17) is 0 Å². The largest absolute Gasteiger partial charge is 0.352 e. The van der Waals surface area contributed by atoms with Gasteiger partial charge in [0.15, 0.2) is 0 Å². The summed E-state index contributed by atoms with van der Waals surface area (Å²) < 4.78 is 0. The molecule has 4 heteroatoms. The Balaban J connectivity index is 2.25. The summed E-state index contributed by atoms with van der Waals surface area (Å²) in [7, 11) is 0. The number of carbonyl (C=O) groups excluding carboxylic acids is 1. The fourth-order valence-corrected chi connectivity index (χ4v) is 3.49. The molecule has 1 rings (SSSR count). The molecule has 0 saturated heterocycles. The van der Waals surface area contributed by atoms with Crippen molar-refractivity contribution in [3.05, 3.63) is 0 Å². The molecule has 106 valence electrons. The van der Waals surface area contributed by atoms with Crippen molar-refractivity contribution in [2.24, 2.45) is 5.92 Å². The predicted molar refractivity (Wildman–Crippen MR) is 80.0 cm³/mol. The molecule has 1 aliphatic carbocycles. The molecule has 0 aromatic heterocycles. The van der Waals surface area contributed by atoms with E-state index in [1.807, 2.05) is 11.8 Å². The maximum Gasteiger partial charge on any atom is 0.234 e. The van der Waals surface area contributed by atoms with Crippen LogP contribution in [0.15, 0.2) is 0 Å². The van der Waals surface area contributed by atoms with Crippen LogP contribution in [-0.4, -0.2) is 35.5 Å². The Morgan fingerprint density at radius 3 is 2.67 bits per heavy atom. The first kappa shape index (κ1) is 15.8. The average molecular weight is 272 g/mol. The van der Waals surface area contributed by atoms with E-state index < -0.39 is 0 Å². The first-order valence-electron chi connectivity index (χ1n) is 7.19. The zero-order valence-corrected chi connectivity index (χ0v) is 13.0. The first-order chi connectivity index (χ1) is 8.54. The normalized spacial score (nSPS) is 25.4. The summed E-state index contributed by atoms with van der Waals surface area (Å²) in [4.78, 5) is 11.8. The summed E-state index contributed by atoms with van der Waals surface area (Å²) in [6, 6.07) is 0.777. The van der Waals surface area contributed by atoms with E-state index in [1.165, 1.54) is 25.0 Å². The lowest BCUT2D eigenvalue weighted by molar-refractivity contribution is -0.121. The lowest BCUT2D eigenvalue weighted by Gasteiger charge is -2.22. The molecule has 0 heterocycles. The van der Waals surface area contributed by atoms with Crippen LogP contribution in [0.25, 0.3) is 0 Å². The molecule has 0 aromatic rings. The Labute approximate surface area is 116 Å². The second-order valence-electron chi connectivity index (χ2n) is 5.51. The maximum absolute atomic E-state index is 11.8. The molecule has 0 radical (unpaired) electrons. The SMILES string of the molecule is CCSC1CCCC1NCC(=O)NC(C)C(C)C. The third-order valence-corrected chi connectivity index (χ3v) is 5.07. The predicted octanol–water partition coefficient (Wildman–Crippen LogP) is 2.41. The van der Waals surface area contributed by atoms with Crippen LogP contribution in [0.5, 0.6) is 0 Å². The molecule has 0 spiro atoms. The van der Waals surface area contributed by atoms with Crippen LogP contribution < -0.4 is 10.6 Å². The molecule has 2 N–H and O–H groups in total. The number of carbonyl (C=O) groups is 1. The van der Waals surface area contributed by atoms with Crippen LogP contribution in [0.3, 0.4) is 0 Å². The highest BCUT2D eigenvalue weighted by Gasteiger charge is 2.27. The van der Waals surface area contributed by atoms with Gasteiger partial charge in [-0.2, -0.15) is 11.8 Å². The molecule has 1 amide bonds. The minimum absolute atomic E-state index is 0.128. The molecular formula is C14H28N2OS. The molecule has 1 aliphatic rings. The summed E-state index contributed by atoms with van der Waals surface area (Å²) in [5.74, 6) is 1.78. The average Bonchev–Trinajstić information content (AvgIpc) is 2.74. The summed E-state index contributed by atoms with van der Waals surface area (Å²) in [6.07, 6.45) is 3.80. The number of thioether (sulfide) groups is 1. The van der Waals surface area contributed by atoms with Crippen molar-refractivity contribution >= 4 is 17.7 Å². The van der Waals surface area contributed by atoms with Crippen LogP contribution >= 0.6 is 11.8 Å². The van der Waals surface area contributed by atoms with Gasteiger partial charge in [-0.25, -0.2) is 0 Å². The molecule has 1 saturated carbocycles. The minimum Gasteiger partial charge on any atom is -0.352 e. The van der Waals surface area contributed by atoms with Crippen LogP contribution in [0, 0.1) is 5.92 Å². The molecule has 0 aromatic carbocycles. The van der Waals surface area contributed by atoms with Crippen molar-refractivity contribution in [2.75, 3.05) is 12.3 Å². The van der Waals surface area contributed by atoms with Gasteiger partial charge < -0.3 is 10.6 Å². The molecule has 18 heavy (non-hydrogen) atoms. The number of hydrogen-bond acceptors (Lipinski definition) is 3. The van der Waals surface area contributed by atoms with Gasteiger partial charge in [-0.3, -0.25) is 4.79 Å². The molecule has 1 fully saturated rings. The topological polar surface area (TPSA) is 41.1 Å². The Kier molecular flexibility index (Phi) is 7.08. The lowest BCUT2D eigenvalue weighted by Crippen LogP contribution is -2.45. The highest BCUT2D eigenvalue weighted by molar-refractivity contribution is 7.99. The third-order valence-electron chi connectivity index (χ3n) is 3.75. The second kappa shape index (κ2) is 8.05. The van der Waals surface area contributed by atoms with Crippen molar-refractivity contribution in [1.29, 1.82) is 0 Å². The van der Waals surface area contributed by atoms with Crippen molar-refractivity contribution in [1.82, 2.24) is 10.6 Å². The zero-order valence-electron chi connectivity index (χ0n) is 12.2. The lowest BCUT2D eigenvalue weighted by atomic mass is 10.1. The summed E-state index contributed by atoms with van der Waals surface area (Å²) in [6.45, 7) is 8.99. The second-order valence-corrected chi connectivity index (χ2v) is 7.03. The van der Waals surface area contributed by atoms with E-state index in [1.54, 1.807) is 0 Å². The maximum atomic E-state index is 11.8. The van der Waals surface area contributed by atoms with E-state index >= 15 is 0 Å². The zero-order chi connectivity index (χ0) is 13.5. The van der Waals surface area contributed by atoms with Gasteiger partial charge in [-0.05, 0) is 31.4 Å². The van der Waals surface area contributed by atoms with Gasteiger partial charge in [0.2, 0.25) is 5.91 Å². The van der Waals surface area contributed by atoms with E-state index in [-0.39, 0.29) is 11.9 Å². The van der Waals surface area contributed by atoms with Crippen LogP contribution in [-0.2, 0) is 4.79 Å². The summed E-state index contributed by atoms with van der Waals surface area (Å²) in [5.41, 5.74) is 0. The highest BCUT2D eigenvalue weighted by atomic mass is 32.2. The van der Waals surface area contributed by atoms with Crippen molar-refractivity contribution in [3.8, 4) is 0 Å². The number of hydrogen-bond donors (Lipinski definition) is 2. The fraction of sp³-hybridized carbons (Fsp3) is 0.929. The Bertz CT molecular complexity index is 258. The third kappa shape index (κ3) is 5.19. The van der Waals surface area contributed by atoms with E-state index in [0.29, 0.717) is 23.8 Å². The Morgan fingerprint density at radius 2 is 2.06 bits per heavy atom. The van der Waals surface area contributed by atoms with Crippen LogP contribution in [0.2, 0.25) is 0 Å². The van der Waals surface area contributed by atoms with Gasteiger partial charge >= 0.3 is 0 Å². The number of rotatable bonds is 7. The van der Waals surface area contributed by atoms with Gasteiger partial charge in [-0.1, -0.05) is 27.2 Å². The number of nitrogens with one attached hydrogen (secondary N) is 2. The number of amides is 1. The molecule has 3 unspecified atom stereocenters.